The van der Waals surface area contributed by atoms with Crippen LogP contribution in [0.1, 0.15) is 67.1 Å². The van der Waals surface area contributed by atoms with Gasteiger partial charge in [-0.05, 0) is 50.4 Å². The van der Waals surface area contributed by atoms with Crippen molar-refractivity contribution in [3.05, 3.63) is 82.7 Å². The van der Waals surface area contributed by atoms with Crippen LogP contribution in [0.4, 0.5) is 0 Å². The second-order valence-corrected chi connectivity index (χ2v) is 9.81. The van der Waals surface area contributed by atoms with Gasteiger partial charge < -0.3 is 4.90 Å². The maximum Gasteiger partial charge on any atom is 0.230 e. The molecule has 1 aliphatic carbocycles. The number of carbonyl (C=O) groups excluding carboxylic acids is 1. The van der Waals surface area contributed by atoms with Crippen molar-refractivity contribution in [2.45, 2.75) is 71.5 Å². The van der Waals surface area contributed by atoms with Gasteiger partial charge in [0.25, 0.3) is 0 Å². The monoisotopic (exact) mass is 456 g/mol. The smallest absolute Gasteiger partial charge is 0.230 e. The molecular weight excluding hydrogens is 420 g/mol. The third-order valence-electron chi connectivity index (χ3n) is 7.44. The van der Waals surface area contributed by atoms with Gasteiger partial charge in [-0.1, -0.05) is 61.9 Å². The predicted octanol–water partition coefficient (Wildman–Crippen LogP) is 5.24. The van der Waals surface area contributed by atoms with Crippen LogP contribution >= 0.6 is 0 Å². The number of hydrogen-bond donors (Lipinski definition) is 0. The summed E-state index contributed by atoms with van der Waals surface area (Å²) in [5, 5.41) is 5.15. The molecule has 0 bridgehead atoms. The zero-order chi connectivity index (χ0) is 23.7. The molecule has 178 valence electrons. The van der Waals surface area contributed by atoms with Crippen molar-refractivity contribution in [3.63, 3.8) is 0 Å². The van der Waals surface area contributed by atoms with Crippen LogP contribution in [0.5, 0.6) is 0 Å². The van der Waals surface area contributed by atoms with E-state index in [1.807, 2.05) is 18.2 Å². The lowest BCUT2D eigenvalue weighted by Crippen LogP contribution is -2.37. The SMILES string of the molecule is CC[C@@H](C(=O)N(Cc1nn(-c2ccc(C)cc2)c2c1CN(CC)CC2)C1CC1)c1ccccc1. The first-order valence-corrected chi connectivity index (χ1v) is 12.8. The van der Waals surface area contributed by atoms with Crippen LogP contribution in [0.2, 0.25) is 0 Å². The topological polar surface area (TPSA) is 41.4 Å². The van der Waals surface area contributed by atoms with Crippen LogP contribution in [0.25, 0.3) is 5.69 Å². The van der Waals surface area contributed by atoms with E-state index >= 15 is 0 Å². The molecule has 1 saturated carbocycles. The lowest BCUT2D eigenvalue weighted by Gasteiger charge is -2.29. The maximum atomic E-state index is 13.8. The van der Waals surface area contributed by atoms with E-state index in [1.165, 1.54) is 16.8 Å². The van der Waals surface area contributed by atoms with E-state index < -0.39 is 0 Å². The largest absolute Gasteiger partial charge is 0.333 e. The highest BCUT2D eigenvalue weighted by atomic mass is 16.2. The lowest BCUT2D eigenvalue weighted by molar-refractivity contribution is -0.134. The highest BCUT2D eigenvalue weighted by molar-refractivity contribution is 5.84. The molecular formula is C29H36N4O. The lowest BCUT2D eigenvalue weighted by atomic mass is 9.94. The van der Waals surface area contributed by atoms with Crippen LogP contribution in [0.15, 0.2) is 54.6 Å². The minimum absolute atomic E-state index is 0.0936. The van der Waals surface area contributed by atoms with E-state index in [9.17, 15) is 4.79 Å². The minimum Gasteiger partial charge on any atom is -0.333 e. The molecule has 0 saturated heterocycles. The van der Waals surface area contributed by atoms with Crippen LogP contribution < -0.4 is 0 Å². The van der Waals surface area contributed by atoms with Crippen molar-refractivity contribution in [1.82, 2.24) is 19.6 Å². The van der Waals surface area contributed by atoms with Crippen molar-refractivity contribution in [3.8, 4) is 5.69 Å². The number of nitrogens with zero attached hydrogens (tertiary/aromatic N) is 4. The van der Waals surface area contributed by atoms with Crippen molar-refractivity contribution < 1.29 is 4.79 Å². The van der Waals surface area contributed by atoms with Gasteiger partial charge in [0.15, 0.2) is 0 Å². The molecule has 1 atom stereocenters. The average molecular weight is 457 g/mol. The normalized spacial score (nSPS) is 16.8. The zero-order valence-electron chi connectivity index (χ0n) is 20.7. The number of aryl methyl sites for hydroxylation is 1. The second kappa shape index (κ2) is 9.75. The maximum absolute atomic E-state index is 13.8. The molecule has 1 aromatic heterocycles. The summed E-state index contributed by atoms with van der Waals surface area (Å²) >= 11 is 0. The summed E-state index contributed by atoms with van der Waals surface area (Å²) in [5.74, 6) is 0.155. The molecule has 1 aliphatic heterocycles. The molecule has 1 fully saturated rings. The Hall–Kier alpha value is -2.92. The van der Waals surface area contributed by atoms with E-state index in [-0.39, 0.29) is 11.8 Å². The minimum atomic E-state index is -0.0936. The van der Waals surface area contributed by atoms with Crippen LogP contribution in [0, 0.1) is 6.92 Å². The summed E-state index contributed by atoms with van der Waals surface area (Å²) in [4.78, 5) is 18.5. The summed E-state index contributed by atoms with van der Waals surface area (Å²) in [7, 11) is 0. The summed E-state index contributed by atoms with van der Waals surface area (Å²) in [6.45, 7) is 10.1. The number of benzene rings is 2. The highest BCUT2D eigenvalue weighted by Crippen LogP contribution is 2.34. The quantitative estimate of drug-likeness (QED) is 0.465. The van der Waals surface area contributed by atoms with E-state index in [4.69, 9.17) is 5.10 Å². The van der Waals surface area contributed by atoms with Crippen molar-refractivity contribution in [2.24, 2.45) is 0 Å². The van der Waals surface area contributed by atoms with Gasteiger partial charge in [-0.25, -0.2) is 4.68 Å². The summed E-state index contributed by atoms with van der Waals surface area (Å²) in [6.07, 6.45) is 3.99. The molecule has 0 radical (unpaired) electrons. The van der Waals surface area contributed by atoms with Gasteiger partial charge in [-0.15, -0.1) is 0 Å². The summed E-state index contributed by atoms with van der Waals surface area (Å²) in [6, 6.07) is 19.2. The zero-order valence-corrected chi connectivity index (χ0v) is 20.7. The first-order chi connectivity index (χ1) is 16.6. The van der Waals surface area contributed by atoms with Crippen LogP contribution in [0.3, 0.4) is 0 Å². The van der Waals surface area contributed by atoms with Gasteiger partial charge in [0.1, 0.15) is 0 Å². The number of amides is 1. The number of fused-ring (bicyclic) bond motifs is 1. The fourth-order valence-corrected chi connectivity index (χ4v) is 5.21. The first-order valence-electron chi connectivity index (χ1n) is 12.8. The predicted molar refractivity (Wildman–Crippen MR) is 136 cm³/mol. The molecule has 3 aromatic rings. The van der Waals surface area contributed by atoms with E-state index in [1.54, 1.807) is 0 Å². The third kappa shape index (κ3) is 4.54. The molecule has 2 aliphatic rings. The molecule has 1 amide bonds. The van der Waals surface area contributed by atoms with Crippen molar-refractivity contribution >= 4 is 5.91 Å². The summed E-state index contributed by atoms with van der Waals surface area (Å²) in [5.41, 5.74) is 7.17. The fourth-order valence-electron chi connectivity index (χ4n) is 5.21. The van der Waals surface area contributed by atoms with Gasteiger partial charge in [0.05, 0.1) is 29.5 Å². The summed E-state index contributed by atoms with van der Waals surface area (Å²) < 4.78 is 2.14. The Bertz CT molecular complexity index is 1130. The van der Waals surface area contributed by atoms with Gasteiger partial charge in [0.2, 0.25) is 5.91 Å². The molecule has 0 N–H and O–H groups in total. The van der Waals surface area contributed by atoms with Crippen LogP contribution in [-0.2, 0) is 24.3 Å². The number of carbonyl (C=O) groups is 1. The van der Waals surface area contributed by atoms with Gasteiger partial charge in [0, 0.05) is 31.1 Å². The highest BCUT2D eigenvalue weighted by Gasteiger charge is 2.37. The average Bonchev–Trinajstić information content (AvgIpc) is 3.65. The molecule has 5 nitrogen and oxygen atoms in total. The molecule has 0 unspecified atom stereocenters. The van der Waals surface area contributed by atoms with Crippen molar-refractivity contribution in [2.75, 3.05) is 13.1 Å². The van der Waals surface area contributed by atoms with E-state index in [2.05, 4.69) is 71.7 Å². The van der Waals surface area contributed by atoms with Crippen molar-refractivity contribution in [1.29, 1.82) is 0 Å². The van der Waals surface area contributed by atoms with Gasteiger partial charge >= 0.3 is 0 Å². The van der Waals surface area contributed by atoms with Crippen LogP contribution in [-0.4, -0.2) is 44.6 Å². The fraction of sp³-hybridized carbons (Fsp3) is 0.448. The second-order valence-electron chi connectivity index (χ2n) is 9.81. The van der Waals surface area contributed by atoms with Gasteiger partial charge in [-0.2, -0.15) is 5.10 Å². The molecule has 5 rings (SSSR count). The number of hydrogen-bond acceptors (Lipinski definition) is 3. The number of aromatic nitrogens is 2. The molecule has 5 heteroatoms. The Morgan fingerprint density at radius 3 is 2.47 bits per heavy atom. The number of rotatable bonds is 8. The molecule has 0 spiro atoms. The standard InChI is InChI=1S/C29H36N4O/c1-4-25(22-9-7-6-8-10-22)29(34)32(23-15-16-23)20-27-26-19-31(5-2)18-17-28(26)33(30-27)24-13-11-21(3)12-14-24/h6-14,23,25H,4-5,15-20H2,1-3H3/t25-/m1/s1. The number of likely N-dealkylation sites (N-methyl/N-ethyl adjacent to an activating group) is 1. The molecule has 2 aromatic carbocycles. The Morgan fingerprint density at radius 1 is 1.09 bits per heavy atom. The van der Waals surface area contributed by atoms with E-state index in [0.29, 0.717) is 12.6 Å². The third-order valence-corrected chi connectivity index (χ3v) is 7.44. The Morgan fingerprint density at radius 2 is 1.82 bits per heavy atom. The molecule has 34 heavy (non-hydrogen) atoms. The Balaban J connectivity index is 1.49. The Labute approximate surface area is 203 Å². The molecule has 2 heterocycles. The Kier molecular flexibility index (Phi) is 6.55. The first kappa shape index (κ1) is 22.9. The van der Waals surface area contributed by atoms with E-state index in [0.717, 1.165) is 62.3 Å². The van der Waals surface area contributed by atoms with Gasteiger partial charge in [-0.3, -0.25) is 9.69 Å².